The smallest absolute Gasteiger partial charge is 0.146 e. The number of benzene rings is 2. The lowest BCUT2D eigenvalue weighted by Crippen LogP contribution is -2.08. The summed E-state index contributed by atoms with van der Waals surface area (Å²) in [6.45, 7) is 2.36. The van der Waals surface area contributed by atoms with Crippen LogP contribution in [0.5, 0.6) is 0 Å². The van der Waals surface area contributed by atoms with Crippen LogP contribution in [0.3, 0.4) is 0 Å². The quantitative estimate of drug-likeness (QED) is 0.864. The van der Waals surface area contributed by atoms with Gasteiger partial charge in [0, 0.05) is 12.6 Å². The van der Waals surface area contributed by atoms with E-state index in [1.165, 1.54) is 6.07 Å². The second-order valence-corrected chi connectivity index (χ2v) is 4.30. The molecule has 0 saturated carbocycles. The van der Waals surface area contributed by atoms with Crippen LogP contribution in [0.4, 0.5) is 10.1 Å². The van der Waals surface area contributed by atoms with Crippen molar-refractivity contribution in [3.05, 3.63) is 65.5 Å². The molecule has 0 aliphatic heterocycles. The highest BCUT2D eigenvalue weighted by Gasteiger charge is 2.08. The van der Waals surface area contributed by atoms with Gasteiger partial charge in [-0.25, -0.2) is 4.39 Å². The van der Waals surface area contributed by atoms with Crippen LogP contribution in [-0.2, 0) is 6.54 Å². The molecular weight excluding hydrogens is 227 g/mol. The molecule has 0 radical (unpaired) electrons. The van der Waals surface area contributed by atoms with Crippen molar-refractivity contribution < 1.29 is 4.39 Å². The first-order valence-corrected chi connectivity index (χ1v) is 6.00. The molecule has 1 unspecified atom stereocenters. The number of nitrogens with two attached hydrogens (primary N) is 1. The van der Waals surface area contributed by atoms with Gasteiger partial charge in [0.05, 0.1) is 5.69 Å². The van der Waals surface area contributed by atoms with Gasteiger partial charge in [0.25, 0.3) is 0 Å². The summed E-state index contributed by atoms with van der Waals surface area (Å²) >= 11 is 0. The van der Waals surface area contributed by atoms with Crippen LogP contribution in [0.1, 0.15) is 24.1 Å². The molecule has 0 bridgehead atoms. The first-order chi connectivity index (χ1) is 8.70. The van der Waals surface area contributed by atoms with Crippen LogP contribution in [0, 0.1) is 5.82 Å². The molecule has 2 nitrogen and oxygen atoms in total. The second-order valence-electron chi connectivity index (χ2n) is 4.30. The van der Waals surface area contributed by atoms with Crippen LogP contribution >= 0.6 is 0 Å². The van der Waals surface area contributed by atoms with Crippen molar-refractivity contribution in [1.82, 2.24) is 0 Å². The predicted octanol–water partition coefficient (Wildman–Crippen LogP) is 3.46. The van der Waals surface area contributed by atoms with Crippen molar-refractivity contribution in [3.8, 4) is 0 Å². The molecule has 2 aromatic rings. The van der Waals surface area contributed by atoms with Gasteiger partial charge >= 0.3 is 0 Å². The standard InChI is InChI=1S/C15H17FN2/c1-11(13-5-3-2-4-6-13)18-15-8-7-12(10-17)9-14(15)16/h2-9,11,18H,10,17H2,1H3. The molecule has 0 aromatic heterocycles. The second kappa shape index (κ2) is 5.65. The average molecular weight is 244 g/mol. The first kappa shape index (κ1) is 12.6. The maximum atomic E-state index is 13.8. The van der Waals surface area contributed by atoms with E-state index in [0.29, 0.717) is 12.2 Å². The Morgan fingerprint density at radius 3 is 2.50 bits per heavy atom. The number of hydrogen-bond acceptors (Lipinski definition) is 2. The van der Waals surface area contributed by atoms with Gasteiger partial charge < -0.3 is 11.1 Å². The van der Waals surface area contributed by atoms with Crippen LogP contribution < -0.4 is 11.1 Å². The summed E-state index contributed by atoms with van der Waals surface area (Å²) in [7, 11) is 0. The summed E-state index contributed by atoms with van der Waals surface area (Å²) in [5.41, 5.74) is 7.90. The molecule has 0 aliphatic carbocycles. The highest BCUT2D eigenvalue weighted by Crippen LogP contribution is 2.22. The van der Waals surface area contributed by atoms with E-state index in [1.807, 2.05) is 43.3 Å². The van der Waals surface area contributed by atoms with Gasteiger partial charge in [-0.2, -0.15) is 0 Å². The Bertz CT molecular complexity index is 511. The summed E-state index contributed by atoms with van der Waals surface area (Å²) in [6.07, 6.45) is 0. The number of anilines is 1. The molecule has 3 N–H and O–H groups in total. The van der Waals surface area contributed by atoms with Crippen molar-refractivity contribution in [2.45, 2.75) is 19.5 Å². The van der Waals surface area contributed by atoms with Crippen LogP contribution in [-0.4, -0.2) is 0 Å². The van der Waals surface area contributed by atoms with E-state index in [1.54, 1.807) is 6.07 Å². The topological polar surface area (TPSA) is 38.0 Å². The lowest BCUT2D eigenvalue weighted by Gasteiger charge is -2.16. The lowest BCUT2D eigenvalue weighted by atomic mass is 10.1. The first-order valence-electron chi connectivity index (χ1n) is 6.00. The molecule has 0 amide bonds. The van der Waals surface area contributed by atoms with Crippen molar-refractivity contribution in [1.29, 1.82) is 0 Å². The van der Waals surface area contributed by atoms with Crippen molar-refractivity contribution in [2.75, 3.05) is 5.32 Å². The van der Waals surface area contributed by atoms with E-state index in [4.69, 9.17) is 5.73 Å². The summed E-state index contributed by atoms with van der Waals surface area (Å²) in [5.74, 6) is -0.263. The molecule has 0 spiro atoms. The van der Waals surface area contributed by atoms with Gasteiger partial charge in [-0.05, 0) is 30.2 Å². The fraction of sp³-hybridized carbons (Fsp3) is 0.200. The number of nitrogens with one attached hydrogen (secondary N) is 1. The van der Waals surface area contributed by atoms with E-state index in [0.717, 1.165) is 11.1 Å². The Balaban J connectivity index is 2.14. The van der Waals surface area contributed by atoms with Crippen LogP contribution in [0.2, 0.25) is 0 Å². The van der Waals surface area contributed by atoms with Gasteiger partial charge in [-0.15, -0.1) is 0 Å². The zero-order valence-corrected chi connectivity index (χ0v) is 10.4. The molecule has 3 heteroatoms. The third kappa shape index (κ3) is 2.87. The minimum atomic E-state index is -0.263. The fourth-order valence-corrected chi connectivity index (χ4v) is 1.86. The zero-order chi connectivity index (χ0) is 13.0. The molecule has 2 aromatic carbocycles. The van der Waals surface area contributed by atoms with Crippen LogP contribution in [0.15, 0.2) is 48.5 Å². The number of halogens is 1. The fourth-order valence-electron chi connectivity index (χ4n) is 1.86. The predicted molar refractivity (Wildman–Crippen MR) is 72.8 cm³/mol. The average Bonchev–Trinajstić information content (AvgIpc) is 2.42. The monoisotopic (exact) mass is 244 g/mol. The third-order valence-electron chi connectivity index (χ3n) is 2.94. The third-order valence-corrected chi connectivity index (χ3v) is 2.94. The summed E-state index contributed by atoms with van der Waals surface area (Å²) < 4.78 is 13.8. The van der Waals surface area contributed by atoms with Crippen LogP contribution in [0.25, 0.3) is 0 Å². The molecule has 18 heavy (non-hydrogen) atoms. The molecular formula is C15H17FN2. The van der Waals surface area contributed by atoms with Gasteiger partial charge in [-0.3, -0.25) is 0 Å². The molecule has 0 aliphatic rings. The minimum Gasteiger partial charge on any atom is -0.376 e. The van der Waals surface area contributed by atoms with Gasteiger partial charge in [0.2, 0.25) is 0 Å². The van der Waals surface area contributed by atoms with E-state index < -0.39 is 0 Å². The van der Waals surface area contributed by atoms with E-state index in [2.05, 4.69) is 5.32 Å². The highest BCUT2D eigenvalue weighted by atomic mass is 19.1. The Hall–Kier alpha value is -1.87. The van der Waals surface area contributed by atoms with E-state index >= 15 is 0 Å². The molecule has 1 atom stereocenters. The Labute approximate surface area is 107 Å². The summed E-state index contributed by atoms with van der Waals surface area (Å²) in [5, 5.41) is 3.16. The summed E-state index contributed by atoms with van der Waals surface area (Å²) in [6, 6.07) is 15.0. The maximum absolute atomic E-state index is 13.8. The number of hydrogen-bond donors (Lipinski definition) is 2. The van der Waals surface area contributed by atoms with Crippen molar-refractivity contribution in [3.63, 3.8) is 0 Å². The van der Waals surface area contributed by atoms with Gasteiger partial charge in [0.15, 0.2) is 0 Å². The number of rotatable bonds is 4. The van der Waals surface area contributed by atoms with Gasteiger partial charge in [0.1, 0.15) is 5.82 Å². The Morgan fingerprint density at radius 1 is 1.17 bits per heavy atom. The largest absolute Gasteiger partial charge is 0.376 e. The highest BCUT2D eigenvalue weighted by molar-refractivity contribution is 5.48. The SMILES string of the molecule is CC(Nc1ccc(CN)cc1F)c1ccccc1. The zero-order valence-electron chi connectivity index (χ0n) is 10.4. The van der Waals surface area contributed by atoms with Crippen molar-refractivity contribution >= 4 is 5.69 Å². The molecule has 2 rings (SSSR count). The van der Waals surface area contributed by atoms with E-state index in [9.17, 15) is 4.39 Å². The minimum absolute atomic E-state index is 0.0597. The normalized spacial score (nSPS) is 12.2. The molecule has 0 fully saturated rings. The summed E-state index contributed by atoms with van der Waals surface area (Å²) in [4.78, 5) is 0. The Kier molecular flexibility index (Phi) is 3.95. The van der Waals surface area contributed by atoms with Crippen molar-refractivity contribution in [2.24, 2.45) is 5.73 Å². The molecule has 0 heterocycles. The molecule has 0 saturated heterocycles. The van der Waals surface area contributed by atoms with Gasteiger partial charge in [-0.1, -0.05) is 36.4 Å². The Morgan fingerprint density at radius 2 is 1.89 bits per heavy atom. The maximum Gasteiger partial charge on any atom is 0.146 e. The molecule has 94 valence electrons. The van der Waals surface area contributed by atoms with E-state index in [-0.39, 0.29) is 11.9 Å². The lowest BCUT2D eigenvalue weighted by molar-refractivity contribution is 0.625.